The Kier molecular flexibility index (Phi) is 6.52. The van der Waals surface area contributed by atoms with Crippen LogP contribution in [0.3, 0.4) is 0 Å². The fraction of sp³-hybridized carbons (Fsp3) is 0.136. The Hall–Kier alpha value is -4.05. The number of amides is 2. The third-order valence-corrected chi connectivity index (χ3v) is 5.15. The number of rotatable bonds is 8. The van der Waals surface area contributed by atoms with Crippen molar-refractivity contribution in [3.05, 3.63) is 71.6 Å². The van der Waals surface area contributed by atoms with Crippen LogP contribution in [0.1, 0.15) is 22.7 Å². The van der Waals surface area contributed by atoms with E-state index < -0.39 is 0 Å². The number of ether oxygens (including phenoxy) is 1. The first kappa shape index (κ1) is 21.2. The van der Waals surface area contributed by atoms with Gasteiger partial charge in [-0.25, -0.2) is 4.98 Å². The summed E-state index contributed by atoms with van der Waals surface area (Å²) >= 11 is 1.34. The van der Waals surface area contributed by atoms with Gasteiger partial charge in [0.25, 0.3) is 5.91 Å². The summed E-state index contributed by atoms with van der Waals surface area (Å²) in [6.07, 6.45) is 2.10. The van der Waals surface area contributed by atoms with Crippen molar-refractivity contribution < 1.29 is 18.8 Å². The molecule has 0 spiro atoms. The van der Waals surface area contributed by atoms with Gasteiger partial charge in [-0.3, -0.25) is 14.9 Å². The van der Waals surface area contributed by atoms with E-state index in [0.717, 1.165) is 11.3 Å². The molecule has 0 atom stereocenters. The number of thiazole rings is 1. The minimum absolute atomic E-state index is 0.177. The molecule has 2 aromatic carbocycles. The highest BCUT2D eigenvalue weighted by molar-refractivity contribution is 7.13. The van der Waals surface area contributed by atoms with Gasteiger partial charge in [0, 0.05) is 41.2 Å². The molecule has 0 aliphatic rings. The molecule has 2 N–H and O–H groups in total. The number of anilines is 2. The van der Waals surface area contributed by atoms with Crippen LogP contribution in [0, 0.1) is 0 Å². The van der Waals surface area contributed by atoms with Crippen LogP contribution in [0.4, 0.5) is 10.8 Å². The number of aryl methyl sites for hydroxylation is 1. The summed E-state index contributed by atoms with van der Waals surface area (Å²) in [5, 5.41) is 11.8. The van der Waals surface area contributed by atoms with Gasteiger partial charge in [-0.1, -0.05) is 5.16 Å². The van der Waals surface area contributed by atoms with E-state index in [1.165, 1.54) is 11.3 Å². The third kappa shape index (κ3) is 5.35. The Labute approximate surface area is 187 Å². The van der Waals surface area contributed by atoms with E-state index in [4.69, 9.17) is 9.26 Å². The maximum atomic E-state index is 12.3. The minimum Gasteiger partial charge on any atom is -0.497 e. The van der Waals surface area contributed by atoms with Crippen LogP contribution in [0.2, 0.25) is 0 Å². The van der Waals surface area contributed by atoms with Crippen molar-refractivity contribution in [3.63, 3.8) is 0 Å². The summed E-state index contributed by atoms with van der Waals surface area (Å²) < 4.78 is 10.4. The molecule has 0 saturated heterocycles. The van der Waals surface area contributed by atoms with Crippen molar-refractivity contribution in [2.75, 3.05) is 17.7 Å². The molecule has 0 radical (unpaired) electrons. The lowest BCUT2D eigenvalue weighted by molar-refractivity contribution is -0.116. The molecule has 0 fully saturated rings. The molecule has 0 saturated carbocycles. The van der Waals surface area contributed by atoms with E-state index in [9.17, 15) is 9.59 Å². The summed E-state index contributed by atoms with van der Waals surface area (Å²) in [5.74, 6) is 1.10. The summed E-state index contributed by atoms with van der Waals surface area (Å²) in [5.41, 5.74) is 1.85. The average Bonchev–Trinajstić information content (AvgIpc) is 3.50. The van der Waals surface area contributed by atoms with Crippen LogP contribution in [-0.4, -0.2) is 34.0 Å². The van der Waals surface area contributed by atoms with Gasteiger partial charge in [0.05, 0.1) is 7.11 Å². The van der Waals surface area contributed by atoms with Gasteiger partial charge in [-0.05, 0) is 48.5 Å². The molecule has 10 heteroatoms. The molecule has 0 unspecified atom stereocenters. The quantitative estimate of drug-likeness (QED) is 0.417. The molecule has 4 rings (SSSR count). The largest absolute Gasteiger partial charge is 0.497 e. The van der Waals surface area contributed by atoms with Crippen LogP contribution >= 0.6 is 11.3 Å². The Morgan fingerprint density at radius 3 is 2.53 bits per heavy atom. The molecule has 9 nitrogen and oxygen atoms in total. The number of nitrogens with zero attached hydrogens (tertiary/aromatic N) is 3. The molecular formula is C22H19N5O4S. The van der Waals surface area contributed by atoms with Crippen LogP contribution in [-0.2, 0) is 11.2 Å². The Morgan fingerprint density at radius 2 is 1.84 bits per heavy atom. The molecule has 2 aromatic heterocycles. The molecule has 0 aliphatic carbocycles. The van der Waals surface area contributed by atoms with Crippen LogP contribution < -0.4 is 15.4 Å². The fourth-order valence-electron chi connectivity index (χ4n) is 2.82. The number of hydrogen-bond donors (Lipinski definition) is 2. The van der Waals surface area contributed by atoms with Crippen molar-refractivity contribution >= 4 is 34.0 Å². The van der Waals surface area contributed by atoms with Crippen molar-refractivity contribution in [2.45, 2.75) is 12.8 Å². The predicted octanol–water partition coefficient (Wildman–Crippen LogP) is 4.03. The van der Waals surface area contributed by atoms with Crippen LogP contribution in [0.15, 0.2) is 64.6 Å². The highest BCUT2D eigenvalue weighted by Gasteiger charge is 2.12. The topological polar surface area (TPSA) is 119 Å². The van der Waals surface area contributed by atoms with E-state index in [-0.39, 0.29) is 18.2 Å². The molecule has 4 aromatic rings. The molecule has 0 aliphatic heterocycles. The van der Waals surface area contributed by atoms with Gasteiger partial charge in [-0.2, -0.15) is 4.98 Å². The number of hydrogen-bond acceptors (Lipinski definition) is 8. The lowest BCUT2D eigenvalue weighted by atomic mass is 10.2. The zero-order valence-electron chi connectivity index (χ0n) is 17.1. The lowest BCUT2D eigenvalue weighted by Gasteiger charge is -2.06. The summed E-state index contributed by atoms with van der Waals surface area (Å²) in [7, 11) is 1.60. The second-order valence-corrected chi connectivity index (χ2v) is 7.55. The van der Waals surface area contributed by atoms with E-state index >= 15 is 0 Å². The van der Waals surface area contributed by atoms with Gasteiger partial charge >= 0.3 is 0 Å². The average molecular weight is 449 g/mol. The highest BCUT2D eigenvalue weighted by atomic mass is 32.1. The lowest BCUT2D eigenvalue weighted by Crippen LogP contribution is -2.14. The number of carbonyl (C=O) groups is 2. The summed E-state index contributed by atoms with van der Waals surface area (Å²) in [6, 6.07) is 13.9. The number of benzene rings is 2. The maximum Gasteiger partial charge on any atom is 0.257 e. The van der Waals surface area contributed by atoms with Gasteiger partial charge in [0.15, 0.2) is 5.13 Å². The Morgan fingerprint density at radius 1 is 1.06 bits per heavy atom. The normalized spacial score (nSPS) is 10.5. The van der Waals surface area contributed by atoms with Crippen LogP contribution in [0.5, 0.6) is 5.75 Å². The van der Waals surface area contributed by atoms with Gasteiger partial charge in [0.1, 0.15) is 5.75 Å². The molecule has 32 heavy (non-hydrogen) atoms. The third-order valence-electron chi connectivity index (χ3n) is 4.47. The zero-order chi connectivity index (χ0) is 22.3. The second-order valence-electron chi connectivity index (χ2n) is 6.66. The minimum atomic E-state index is -0.262. The predicted molar refractivity (Wildman–Crippen MR) is 120 cm³/mol. The molecule has 0 bridgehead atoms. The van der Waals surface area contributed by atoms with Crippen molar-refractivity contribution in [2.24, 2.45) is 0 Å². The van der Waals surface area contributed by atoms with Crippen molar-refractivity contribution in [1.82, 2.24) is 15.1 Å². The van der Waals surface area contributed by atoms with Crippen molar-refractivity contribution in [3.8, 4) is 17.1 Å². The Balaban J connectivity index is 1.27. The van der Waals surface area contributed by atoms with E-state index in [1.807, 2.05) is 24.3 Å². The first-order valence-corrected chi connectivity index (χ1v) is 10.6. The number of carbonyl (C=O) groups excluding carboxylic acids is 2. The van der Waals surface area contributed by atoms with Gasteiger partial charge in [0.2, 0.25) is 17.6 Å². The first-order chi connectivity index (χ1) is 15.6. The van der Waals surface area contributed by atoms with E-state index in [0.29, 0.717) is 34.5 Å². The number of methoxy groups -OCH3 is 1. The summed E-state index contributed by atoms with van der Waals surface area (Å²) in [6.45, 7) is 0. The zero-order valence-corrected chi connectivity index (χ0v) is 17.9. The van der Waals surface area contributed by atoms with E-state index in [1.54, 1.807) is 43.0 Å². The number of aromatic nitrogens is 3. The molecule has 162 valence electrons. The van der Waals surface area contributed by atoms with Gasteiger partial charge < -0.3 is 14.6 Å². The van der Waals surface area contributed by atoms with Crippen molar-refractivity contribution in [1.29, 1.82) is 0 Å². The first-order valence-electron chi connectivity index (χ1n) is 9.68. The molecule has 2 heterocycles. The maximum absolute atomic E-state index is 12.3. The van der Waals surface area contributed by atoms with Crippen LogP contribution in [0.25, 0.3) is 11.4 Å². The van der Waals surface area contributed by atoms with Gasteiger partial charge in [-0.15, -0.1) is 11.3 Å². The highest BCUT2D eigenvalue weighted by Crippen LogP contribution is 2.20. The second kappa shape index (κ2) is 9.84. The smallest absolute Gasteiger partial charge is 0.257 e. The SMILES string of the molecule is COc1ccc(-c2noc(CCC(=O)Nc3ccc(C(=O)Nc4nccs4)cc3)n2)cc1. The Bertz CT molecular complexity index is 1190. The number of nitrogens with one attached hydrogen (secondary N) is 2. The summed E-state index contributed by atoms with van der Waals surface area (Å²) in [4.78, 5) is 32.8. The van der Waals surface area contributed by atoms with E-state index in [2.05, 4.69) is 25.8 Å². The fourth-order valence-corrected chi connectivity index (χ4v) is 3.34. The standard InChI is InChI=1S/C22H19N5O4S/c1-30-17-8-4-14(5-9-17)20-25-19(31-27-20)11-10-18(28)24-16-6-2-15(3-7-16)21(29)26-22-23-12-13-32-22/h2-9,12-13H,10-11H2,1H3,(H,24,28)(H,23,26,29). The molecular weight excluding hydrogens is 430 g/mol. The molecule has 2 amide bonds. The monoisotopic (exact) mass is 449 g/mol.